The number of amides is 2. The Kier molecular flexibility index (Phi) is 4.24. The highest BCUT2D eigenvalue weighted by atomic mass is 16.5. The van der Waals surface area contributed by atoms with Crippen LogP contribution in [0.25, 0.3) is 5.78 Å². The van der Waals surface area contributed by atoms with E-state index in [1.54, 1.807) is 11.4 Å². The predicted octanol–water partition coefficient (Wildman–Crippen LogP) is -0.0242. The second kappa shape index (κ2) is 6.34. The molecule has 24 heavy (non-hydrogen) atoms. The fraction of sp³-hybridized carbons (Fsp3) is 0.467. The van der Waals surface area contributed by atoms with E-state index < -0.39 is 18.5 Å². The van der Waals surface area contributed by atoms with E-state index in [1.807, 2.05) is 6.92 Å². The Morgan fingerprint density at radius 1 is 1.33 bits per heavy atom. The summed E-state index contributed by atoms with van der Waals surface area (Å²) in [5.41, 5.74) is 2.08. The number of likely N-dealkylation sites (tertiary alicyclic amines) is 1. The number of esters is 1. The van der Waals surface area contributed by atoms with Gasteiger partial charge in [-0.15, -0.1) is 0 Å². The van der Waals surface area contributed by atoms with Gasteiger partial charge in [0.2, 0.25) is 5.91 Å². The first-order chi connectivity index (χ1) is 11.5. The third-order valence-electron chi connectivity index (χ3n) is 4.04. The molecule has 0 unspecified atom stereocenters. The molecule has 1 aliphatic heterocycles. The SMILES string of the molecule is Cc1nc2ncnn2c(C)c1CC(=O)OCC(=O)N1CCCC1=O. The molecular weight excluding hydrogens is 314 g/mol. The van der Waals surface area contributed by atoms with E-state index in [0.29, 0.717) is 36.4 Å². The number of fused-ring (bicyclic) bond motifs is 1. The fourth-order valence-electron chi connectivity index (χ4n) is 2.74. The van der Waals surface area contributed by atoms with E-state index in [2.05, 4.69) is 15.1 Å². The second-order valence-electron chi connectivity index (χ2n) is 5.61. The molecule has 3 heterocycles. The van der Waals surface area contributed by atoms with Gasteiger partial charge in [0.1, 0.15) is 6.33 Å². The first-order valence-corrected chi connectivity index (χ1v) is 7.62. The summed E-state index contributed by atoms with van der Waals surface area (Å²) in [6.45, 7) is 3.55. The molecule has 1 aliphatic rings. The number of imide groups is 1. The number of nitrogens with zero attached hydrogens (tertiary/aromatic N) is 5. The van der Waals surface area contributed by atoms with Crippen LogP contribution in [0, 0.1) is 13.8 Å². The molecule has 0 bridgehead atoms. The molecule has 0 aliphatic carbocycles. The molecule has 0 radical (unpaired) electrons. The summed E-state index contributed by atoms with van der Waals surface area (Å²) in [6.07, 6.45) is 2.38. The lowest BCUT2D eigenvalue weighted by atomic mass is 10.1. The van der Waals surface area contributed by atoms with Gasteiger partial charge in [0, 0.05) is 29.9 Å². The van der Waals surface area contributed by atoms with E-state index in [1.165, 1.54) is 6.33 Å². The van der Waals surface area contributed by atoms with Gasteiger partial charge >= 0.3 is 5.97 Å². The number of aryl methyl sites for hydroxylation is 2. The number of hydrogen-bond acceptors (Lipinski definition) is 7. The van der Waals surface area contributed by atoms with Crippen molar-refractivity contribution in [2.24, 2.45) is 0 Å². The van der Waals surface area contributed by atoms with Gasteiger partial charge in [-0.25, -0.2) is 9.50 Å². The van der Waals surface area contributed by atoms with Crippen molar-refractivity contribution in [2.75, 3.05) is 13.2 Å². The van der Waals surface area contributed by atoms with Gasteiger partial charge in [-0.2, -0.15) is 10.1 Å². The van der Waals surface area contributed by atoms with E-state index >= 15 is 0 Å². The van der Waals surface area contributed by atoms with E-state index in [0.717, 1.165) is 10.6 Å². The summed E-state index contributed by atoms with van der Waals surface area (Å²) >= 11 is 0. The largest absolute Gasteiger partial charge is 0.455 e. The molecule has 0 saturated carbocycles. The monoisotopic (exact) mass is 331 g/mol. The standard InChI is InChI=1S/C15H17N5O4/c1-9-11(10(2)20-15(18-9)16-8-17-20)6-14(23)24-7-13(22)19-5-3-4-12(19)21/h8H,3-7H2,1-2H3. The Morgan fingerprint density at radius 3 is 2.83 bits per heavy atom. The van der Waals surface area contributed by atoms with Gasteiger partial charge in [0.05, 0.1) is 6.42 Å². The molecule has 1 saturated heterocycles. The number of hydrogen-bond donors (Lipinski definition) is 0. The van der Waals surface area contributed by atoms with Crippen molar-refractivity contribution < 1.29 is 19.1 Å². The van der Waals surface area contributed by atoms with Crippen LogP contribution in [0.4, 0.5) is 0 Å². The average molecular weight is 331 g/mol. The molecule has 3 rings (SSSR count). The number of carbonyl (C=O) groups is 3. The Morgan fingerprint density at radius 2 is 2.12 bits per heavy atom. The number of carbonyl (C=O) groups excluding carboxylic acids is 3. The maximum Gasteiger partial charge on any atom is 0.310 e. The van der Waals surface area contributed by atoms with Crippen LogP contribution in [0.1, 0.15) is 29.8 Å². The molecule has 1 fully saturated rings. The summed E-state index contributed by atoms with van der Waals surface area (Å²) in [5.74, 6) is -0.792. The zero-order chi connectivity index (χ0) is 17.3. The highest BCUT2D eigenvalue weighted by Gasteiger charge is 2.27. The smallest absolute Gasteiger partial charge is 0.310 e. The fourth-order valence-corrected chi connectivity index (χ4v) is 2.74. The van der Waals surface area contributed by atoms with Gasteiger partial charge in [0.15, 0.2) is 6.61 Å². The van der Waals surface area contributed by atoms with Crippen molar-refractivity contribution in [3.63, 3.8) is 0 Å². The minimum atomic E-state index is -0.553. The van der Waals surface area contributed by atoms with Crippen molar-refractivity contribution >= 4 is 23.6 Å². The maximum atomic E-state index is 12.0. The Hall–Kier alpha value is -2.84. The van der Waals surface area contributed by atoms with E-state index in [4.69, 9.17) is 4.74 Å². The van der Waals surface area contributed by atoms with Crippen molar-refractivity contribution in [1.29, 1.82) is 0 Å². The lowest BCUT2D eigenvalue weighted by Gasteiger charge is -2.14. The van der Waals surface area contributed by atoms with Crippen molar-refractivity contribution in [3.8, 4) is 0 Å². The predicted molar refractivity (Wildman–Crippen MR) is 80.9 cm³/mol. The molecule has 2 aromatic rings. The Bertz CT molecular complexity index is 829. The van der Waals surface area contributed by atoms with Crippen LogP contribution in [0.3, 0.4) is 0 Å². The number of aromatic nitrogens is 4. The Labute approximate surface area is 137 Å². The van der Waals surface area contributed by atoms with Crippen molar-refractivity contribution in [3.05, 3.63) is 23.3 Å². The van der Waals surface area contributed by atoms with Crippen molar-refractivity contribution in [2.45, 2.75) is 33.1 Å². The zero-order valence-corrected chi connectivity index (χ0v) is 13.5. The molecule has 126 valence electrons. The quantitative estimate of drug-likeness (QED) is 0.724. The third-order valence-corrected chi connectivity index (χ3v) is 4.04. The molecule has 0 atom stereocenters. The summed E-state index contributed by atoms with van der Waals surface area (Å²) in [5, 5.41) is 4.05. The topological polar surface area (TPSA) is 107 Å². The molecule has 0 spiro atoms. The van der Waals surface area contributed by atoms with Crippen LogP contribution >= 0.6 is 0 Å². The summed E-state index contributed by atoms with van der Waals surface area (Å²) in [7, 11) is 0. The lowest BCUT2D eigenvalue weighted by Crippen LogP contribution is -2.35. The number of rotatable bonds is 4. The van der Waals surface area contributed by atoms with Crippen molar-refractivity contribution in [1.82, 2.24) is 24.5 Å². The molecular formula is C15H17N5O4. The molecule has 2 amide bonds. The first kappa shape index (κ1) is 16.0. The minimum Gasteiger partial charge on any atom is -0.455 e. The maximum absolute atomic E-state index is 12.0. The van der Waals surface area contributed by atoms with E-state index in [9.17, 15) is 14.4 Å². The third kappa shape index (κ3) is 2.97. The summed E-state index contributed by atoms with van der Waals surface area (Å²) in [4.78, 5) is 44.8. The van der Waals surface area contributed by atoms with Gasteiger partial charge in [-0.1, -0.05) is 0 Å². The summed E-state index contributed by atoms with van der Waals surface area (Å²) in [6, 6.07) is 0. The number of ether oxygens (including phenoxy) is 1. The van der Waals surface area contributed by atoms with Crippen LogP contribution < -0.4 is 0 Å². The van der Waals surface area contributed by atoms with Crippen LogP contribution in [-0.4, -0.2) is 55.4 Å². The zero-order valence-electron chi connectivity index (χ0n) is 13.5. The first-order valence-electron chi connectivity index (χ1n) is 7.62. The normalized spacial score (nSPS) is 14.4. The molecule has 9 nitrogen and oxygen atoms in total. The minimum absolute atomic E-state index is 0.0261. The van der Waals surface area contributed by atoms with Gasteiger partial charge in [-0.3, -0.25) is 19.3 Å². The van der Waals surface area contributed by atoms with Crippen LogP contribution in [0.5, 0.6) is 0 Å². The molecule has 0 N–H and O–H groups in total. The highest BCUT2D eigenvalue weighted by molar-refractivity contribution is 5.97. The van der Waals surface area contributed by atoms with Gasteiger partial charge in [-0.05, 0) is 20.3 Å². The second-order valence-corrected chi connectivity index (χ2v) is 5.61. The van der Waals surface area contributed by atoms with Crippen LogP contribution in [-0.2, 0) is 25.5 Å². The van der Waals surface area contributed by atoms with Crippen LogP contribution in [0.2, 0.25) is 0 Å². The lowest BCUT2D eigenvalue weighted by molar-refractivity contribution is -0.154. The molecule has 9 heteroatoms. The molecule has 0 aromatic carbocycles. The highest BCUT2D eigenvalue weighted by Crippen LogP contribution is 2.14. The average Bonchev–Trinajstić information content (AvgIpc) is 3.17. The Balaban J connectivity index is 1.65. The van der Waals surface area contributed by atoms with Gasteiger partial charge in [0.25, 0.3) is 11.7 Å². The van der Waals surface area contributed by atoms with E-state index in [-0.39, 0.29) is 12.3 Å². The summed E-state index contributed by atoms with van der Waals surface area (Å²) < 4.78 is 6.56. The van der Waals surface area contributed by atoms with Gasteiger partial charge < -0.3 is 4.74 Å². The molecule has 2 aromatic heterocycles. The van der Waals surface area contributed by atoms with Crippen LogP contribution in [0.15, 0.2) is 6.33 Å².